The van der Waals surface area contributed by atoms with E-state index in [0.29, 0.717) is 18.5 Å². The van der Waals surface area contributed by atoms with Crippen LogP contribution in [0.25, 0.3) is 4.96 Å². The maximum Gasteiger partial charge on any atom is 0.258 e. The highest BCUT2D eigenvalue weighted by molar-refractivity contribution is 7.16. The summed E-state index contributed by atoms with van der Waals surface area (Å²) < 4.78 is 1.61. The average molecular weight is 372 g/mol. The lowest BCUT2D eigenvalue weighted by Gasteiger charge is -2.44. The highest BCUT2D eigenvalue weighted by atomic mass is 32.1. The minimum atomic E-state index is -0.362. The second-order valence-electron chi connectivity index (χ2n) is 7.97. The molecule has 138 valence electrons. The number of nitrogens with zero attached hydrogens (tertiary/aromatic N) is 4. The fourth-order valence-electron chi connectivity index (χ4n) is 4.78. The molecule has 1 unspecified atom stereocenters. The third kappa shape index (κ3) is 2.52. The van der Waals surface area contributed by atoms with Gasteiger partial charge in [0.05, 0.1) is 5.69 Å². The lowest BCUT2D eigenvalue weighted by molar-refractivity contribution is -0.148. The highest BCUT2D eigenvalue weighted by Gasteiger charge is 2.53. The summed E-state index contributed by atoms with van der Waals surface area (Å²) in [6.07, 6.45) is 8.17. The highest BCUT2D eigenvalue weighted by Crippen LogP contribution is 2.42. The first-order valence-corrected chi connectivity index (χ1v) is 10.4. The van der Waals surface area contributed by atoms with Crippen molar-refractivity contribution in [2.75, 3.05) is 13.1 Å². The van der Waals surface area contributed by atoms with Crippen LogP contribution in [-0.2, 0) is 11.3 Å². The number of aryl methyl sites for hydroxylation is 1. The number of hydrogen-bond donors (Lipinski definition) is 0. The summed E-state index contributed by atoms with van der Waals surface area (Å²) in [4.78, 5) is 36.7. The minimum Gasteiger partial charge on any atom is -0.338 e. The molecule has 2 aliphatic heterocycles. The van der Waals surface area contributed by atoms with Crippen LogP contribution >= 0.6 is 11.3 Å². The predicted octanol–water partition coefficient (Wildman–Crippen LogP) is 2.18. The number of carbonyl (C=O) groups excluding carboxylic acids is 1. The number of carbonyl (C=O) groups is 1. The van der Waals surface area contributed by atoms with Gasteiger partial charge in [-0.15, -0.1) is 11.3 Å². The van der Waals surface area contributed by atoms with Crippen molar-refractivity contribution in [3.63, 3.8) is 0 Å². The Morgan fingerprint density at radius 1 is 1.23 bits per heavy atom. The van der Waals surface area contributed by atoms with Crippen molar-refractivity contribution in [1.29, 1.82) is 0 Å². The summed E-state index contributed by atoms with van der Waals surface area (Å²) in [5.74, 6) is 0.327. The van der Waals surface area contributed by atoms with E-state index in [1.54, 1.807) is 10.5 Å². The van der Waals surface area contributed by atoms with E-state index < -0.39 is 0 Å². The molecule has 7 heteroatoms. The number of aromatic nitrogens is 2. The van der Waals surface area contributed by atoms with Crippen LogP contribution in [0, 0.1) is 6.92 Å². The smallest absolute Gasteiger partial charge is 0.258 e. The molecule has 3 aliphatic rings. The van der Waals surface area contributed by atoms with Gasteiger partial charge in [0.2, 0.25) is 5.91 Å². The van der Waals surface area contributed by atoms with E-state index in [9.17, 15) is 9.59 Å². The lowest BCUT2D eigenvalue weighted by Crippen LogP contribution is -2.60. The van der Waals surface area contributed by atoms with E-state index in [2.05, 4.69) is 9.80 Å². The zero-order chi connectivity index (χ0) is 17.9. The number of fused-ring (bicyclic) bond motifs is 1. The van der Waals surface area contributed by atoms with Crippen LogP contribution in [0.5, 0.6) is 0 Å². The molecule has 4 heterocycles. The maximum atomic E-state index is 13.3. The van der Waals surface area contributed by atoms with E-state index in [4.69, 9.17) is 4.98 Å². The van der Waals surface area contributed by atoms with Crippen LogP contribution in [0.15, 0.2) is 17.1 Å². The molecule has 3 fully saturated rings. The summed E-state index contributed by atoms with van der Waals surface area (Å²) in [6.45, 7) is 4.40. The van der Waals surface area contributed by atoms with Crippen LogP contribution in [0.1, 0.15) is 49.1 Å². The van der Waals surface area contributed by atoms with Gasteiger partial charge >= 0.3 is 0 Å². The van der Waals surface area contributed by atoms with E-state index in [0.717, 1.165) is 67.1 Å². The number of piperidine rings is 1. The van der Waals surface area contributed by atoms with Gasteiger partial charge in [-0.25, -0.2) is 4.98 Å². The summed E-state index contributed by atoms with van der Waals surface area (Å²) in [5, 5.41) is 0. The molecule has 0 radical (unpaired) electrons. The zero-order valence-corrected chi connectivity index (χ0v) is 15.9. The van der Waals surface area contributed by atoms with Crippen LogP contribution in [-0.4, -0.2) is 49.8 Å². The monoisotopic (exact) mass is 372 g/mol. The van der Waals surface area contributed by atoms with Crippen molar-refractivity contribution in [1.82, 2.24) is 19.2 Å². The summed E-state index contributed by atoms with van der Waals surface area (Å²) in [7, 11) is 0. The summed E-state index contributed by atoms with van der Waals surface area (Å²) in [5.41, 5.74) is 0.394. The van der Waals surface area contributed by atoms with Gasteiger partial charge in [-0.2, -0.15) is 0 Å². The molecule has 0 bridgehead atoms. The third-order valence-corrected chi connectivity index (χ3v) is 7.05. The van der Waals surface area contributed by atoms with E-state index in [1.807, 2.05) is 13.1 Å². The van der Waals surface area contributed by atoms with Gasteiger partial charge < -0.3 is 4.90 Å². The molecule has 1 amide bonds. The molecule has 0 aromatic carbocycles. The molecule has 0 N–H and O–H groups in total. The van der Waals surface area contributed by atoms with Crippen molar-refractivity contribution in [3.05, 3.63) is 33.2 Å². The van der Waals surface area contributed by atoms with Crippen molar-refractivity contribution < 1.29 is 4.79 Å². The Hall–Kier alpha value is -1.73. The molecular weight excluding hydrogens is 348 g/mol. The first-order chi connectivity index (χ1) is 12.6. The number of likely N-dealkylation sites (tertiary alicyclic amines) is 2. The number of rotatable bonds is 3. The van der Waals surface area contributed by atoms with Gasteiger partial charge in [0.1, 0.15) is 5.54 Å². The second kappa shape index (κ2) is 5.89. The Bertz CT molecular complexity index is 931. The maximum absolute atomic E-state index is 13.3. The van der Waals surface area contributed by atoms with E-state index in [-0.39, 0.29) is 11.1 Å². The first-order valence-electron chi connectivity index (χ1n) is 9.62. The van der Waals surface area contributed by atoms with Gasteiger partial charge in [0.25, 0.3) is 5.56 Å². The number of hydrogen-bond acceptors (Lipinski definition) is 5. The fraction of sp³-hybridized carbons (Fsp3) is 0.632. The van der Waals surface area contributed by atoms with Gasteiger partial charge in [-0.1, -0.05) is 0 Å². The molecule has 6 nitrogen and oxygen atoms in total. The van der Waals surface area contributed by atoms with Crippen LogP contribution in [0.4, 0.5) is 0 Å². The van der Waals surface area contributed by atoms with Gasteiger partial charge in [-0.05, 0) is 52.0 Å². The first kappa shape index (κ1) is 16.4. The quantitative estimate of drug-likeness (QED) is 0.829. The normalized spacial score (nSPS) is 27.1. The van der Waals surface area contributed by atoms with Crippen LogP contribution in [0.2, 0.25) is 0 Å². The van der Waals surface area contributed by atoms with Crippen molar-refractivity contribution >= 4 is 22.2 Å². The fourth-order valence-corrected chi connectivity index (χ4v) is 5.63. The van der Waals surface area contributed by atoms with Gasteiger partial charge in [0.15, 0.2) is 4.96 Å². The SMILES string of the molecule is Cc1cn2c(=O)cc(CN3CCCC34CCCN(C3CC3)C4=O)nc2s1. The Labute approximate surface area is 156 Å². The number of thiazole rings is 1. The van der Waals surface area contributed by atoms with Crippen molar-refractivity contribution in [3.8, 4) is 0 Å². The lowest BCUT2D eigenvalue weighted by atomic mass is 9.85. The average Bonchev–Trinajstić information content (AvgIpc) is 3.27. The molecule has 1 aliphatic carbocycles. The van der Waals surface area contributed by atoms with Crippen molar-refractivity contribution in [2.24, 2.45) is 0 Å². The predicted molar refractivity (Wildman–Crippen MR) is 100 cm³/mol. The molecule has 2 aromatic rings. The topological polar surface area (TPSA) is 57.9 Å². The second-order valence-corrected chi connectivity index (χ2v) is 9.18. The largest absolute Gasteiger partial charge is 0.338 e. The Kier molecular flexibility index (Phi) is 3.72. The molecule has 1 saturated carbocycles. The van der Waals surface area contributed by atoms with Crippen LogP contribution in [0.3, 0.4) is 0 Å². The molecule has 1 spiro atoms. The van der Waals surface area contributed by atoms with Crippen molar-refractivity contribution in [2.45, 2.75) is 63.6 Å². The van der Waals surface area contributed by atoms with Gasteiger partial charge in [0, 0.05) is 36.3 Å². The minimum absolute atomic E-state index is 0.0304. The molecule has 2 saturated heterocycles. The third-order valence-electron chi connectivity index (χ3n) is 6.15. The van der Waals surface area contributed by atoms with Crippen LogP contribution < -0.4 is 5.56 Å². The summed E-state index contributed by atoms with van der Waals surface area (Å²) in [6, 6.07) is 2.12. The van der Waals surface area contributed by atoms with E-state index >= 15 is 0 Å². The zero-order valence-electron chi connectivity index (χ0n) is 15.1. The molecule has 26 heavy (non-hydrogen) atoms. The van der Waals surface area contributed by atoms with E-state index in [1.165, 1.54) is 11.3 Å². The Morgan fingerprint density at radius 2 is 2.00 bits per heavy atom. The Balaban J connectivity index is 1.46. The molecule has 5 rings (SSSR count). The molecule has 2 aromatic heterocycles. The Morgan fingerprint density at radius 3 is 2.77 bits per heavy atom. The van der Waals surface area contributed by atoms with Gasteiger partial charge in [-0.3, -0.25) is 18.9 Å². The summed E-state index contributed by atoms with van der Waals surface area (Å²) >= 11 is 1.54. The standard InChI is InChI=1S/C19H24N4O2S/c1-13-11-23-16(24)10-14(20-18(23)26-13)12-21-8-2-6-19(21)7-3-9-22(17(19)25)15-4-5-15/h10-11,15H,2-9,12H2,1H3. The molecular formula is C19H24N4O2S. The number of amides is 1. The molecule has 1 atom stereocenters.